The number of anilines is 1. The topological polar surface area (TPSA) is 69.3 Å². The molecule has 4 aromatic rings. The van der Waals surface area contributed by atoms with Crippen LogP contribution in [0.3, 0.4) is 0 Å². The van der Waals surface area contributed by atoms with Gasteiger partial charge in [-0.15, -0.1) is 0 Å². The van der Waals surface area contributed by atoms with Gasteiger partial charge in [0.05, 0.1) is 23.5 Å². The number of benzene rings is 2. The SMILES string of the molecule is Cc1cccc(Cl)c1OCc1ccc(C(=O)Nc2cnn(Cc3ccc(Cl)cc3)c2)o1. The highest BCUT2D eigenvalue weighted by Gasteiger charge is 2.14. The molecule has 4 rings (SSSR count). The summed E-state index contributed by atoms with van der Waals surface area (Å²) in [6.45, 7) is 2.64. The molecule has 2 aromatic heterocycles. The highest BCUT2D eigenvalue weighted by molar-refractivity contribution is 6.32. The smallest absolute Gasteiger partial charge is 0.291 e. The Morgan fingerprint density at radius 2 is 1.94 bits per heavy atom. The van der Waals surface area contributed by atoms with Gasteiger partial charge < -0.3 is 14.5 Å². The summed E-state index contributed by atoms with van der Waals surface area (Å²) in [6, 6.07) is 16.3. The van der Waals surface area contributed by atoms with Crippen LogP contribution in [0.25, 0.3) is 0 Å². The summed E-state index contributed by atoms with van der Waals surface area (Å²) < 4.78 is 13.1. The normalized spacial score (nSPS) is 10.8. The van der Waals surface area contributed by atoms with E-state index < -0.39 is 0 Å². The van der Waals surface area contributed by atoms with E-state index in [-0.39, 0.29) is 18.3 Å². The molecule has 1 N–H and O–H groups in total. The Balaban J connectivity index is 1.35. The Kier molecular flexibility index (Phi) is 6.30. The molecule has 0 saturated heterocycles. The molecule has 2 heterocycles. The molecular weight excluding hydrogens is 437 g/mol. The van der Waals surface area contributed by atoms with Crippen molar-refractivity contribution in [2.45, 2.75) is 20.1 Å². The molecule has 31 heavy (non-hydrogen) atoms. The van der Waals surface area contributed by atoms with Gasteiger partial charge >= 0.3 is 0 Å². The third-order valence-corrected chi connectivity index (χ3v) is 5.11. The Bertz CT molecular complexity index is 1180. The standard InChI is InChI=1S/C23H19Cl2N3O3/c1-15-3-2-4-20(25)22(15)30-14-19-9-10-21(31-19)23(29)27-18-11-26-28(13-18)12-16-5-7-17(24)8-6-16/h2-11,13H,12,14H2,1H3,(H,27,29). The lowest BCUT2D eigenvalue weighted by Crippen LogP contribution is -2.10. The number of ether oxygens (including phenoxy) is 1. The molecule has 0 fully saturated rings. The number of carbonyl (C=O) groups is 1. The summed E-state index contributed by atoms with van der Waals surface area (Å²) in [5, 5.41) is 8.26. The van der Waals surface area contributed by atoms with E-state index in [2.05, 4.69) is 10.4 Å². The number of aromatic nitrogens is 2. The summed E-state index contributed by atoms with van der Waals surface area (Å²) in [4.78, 5) is 12.5. The largest absolute Gasteiger partial charge is 0.484 e. The molecule has 0 radical (unpaired) electrons. The summed E-state index contributed by atoms with van der Waals surface area (Å²) >= 11 is 12.1. The third-order valence-electron chi connectivity index (χ3n) is 4.56. The Morgan fingerprint density at radius 3 is 2.71 bits per heavy atom. The number of nitrogens with zero attached hydrogens (tertiary/aromatic N) is 2. The fraction of sp³-hybridized carbons (Fsp3) is 0.130. The van der Waals surface area contributed by atoms with Crippen molar-refractivity contribution in [1.82, 2.24) is 9.78 Å². The highest BCUT2D eigenvalue weighted by Crippen LogP contribution is 2.28. The van der Waals surface area contributed by atoms with Gasteiger partial charge in [-0.3, -0.25) is 9.48 Å². The van der Waals surface area contributed by atoms with Gasteiger partial charge in [-0.2, -0.15) is 5.10 Å². The van der Waals surface area contributed by atoms with E-state index in [1.54, 1.807) is 35.3 Å². The van der Waals surface area contributed by atoms with Gasteiger partial charge in [-0.05, 0) is 48.4 Å². The van der Waals surface area contributed by atoms with Crippen LogP contribution in [0.1, 0.15) is 27.4 Å². The first-order valence-corrected chi connectivity index (χ1v) is 10.3. The molecule has 0 bridgehead atoms. The van der Waals surface area contributed by atoms with Gasteiger partial charge in [0.15, 0.2) is 5.76 Å². The second-order valence-electron chi connectivity index (χ2n) is 6.95. The lowest BCUT2D eigenvalue weighted by molar-refractivity contribution is 0.0992. The minimum Gasteiger partial charge on any atom is -0.484 e. The van der Waals surface area contributed by atoms with Crippen LogP contribution in [-0.4, -0.2) is 15.7 Å². The number of halogens is 2. The minimum atomic E-state index is -0.369. The van der Waals surface area contributed by atoms with E-state index in [4.69, 9.17) is 32.4 Å². The van der Waals surface area contributed by atoms with Crippen LogP contribution in [0.5, 0.6) is 5.75 Å². The third kappa shape index (κ3) is 5.29. The fourth-order valence-electron chi connectivity index (χ4n) is 3.00. The molecule has 158 valence electrons. The van der Waals surface area contributed by atoms with Gasteiger partial charge in [-0.1, -0.05) is 47.5 Å². The molecule has 0 aliphatic carbocycles. The van der Waals surface area contributed by atoms with Gasteiger partial charge in [-0.25, -0.2) is 0 Å². The van der Waals surface area contributed by atoms with E-state index in [9.17, 15) is 4.79 Å². The summed E-state index contributed by atoms with van der Waals surface area (Å²) in [7, 11) is 0. The molecular formula is C23H19Cl2N3O3. The first kappa shape index (κ1) is 21.0. The Hall–Kier alpha value is -3.22. The van der Waals surface area contributed by atoms with Crippen LogP contribution in [0.2, 0.25) is 10.0 Å². The number of para-hydroxylation sites is 1. The van der Waals surface area contributed by atoms with Crippen LogP contribution in [0.4, 0.5) is 5.69 Å². The molecule has 8 heteroatoms. The fourth-order valence-corrected chi connectivity index (χ4v) is 3.41. The first-order chi connectivity index (χ1) is 15.0. The van der Waals surface area contributed by atoms with Gasteiger partial charge in [0.2, 0.25) is 0 Å². The monoisotopic (exact) mass is 455 g/mol. The van der Waals surface area contributed by atoms with E-state index in [0.717, 1.165) is 11.1 Å². The van der Waals surface area contributed by atoms with Crippen molar-refractivity contribution >= 4 is 34.8 Å². The quantitative estimate of drug-likeness (QED) is 0.372. The van der Waals surface area contributed by atoms with Crippen LogP contribution in [-0.2, 0) is 13.2 Å². The summed E-state index contributed by atoms with van der Waals surface area (Å²) in [5.41, 5.74) is 2.54. The number of rotatable bonds is 7. The summed E-state index contributed by atoms with van der Waals surface area (Å²) in [5.74, 6) is 0.925. The molecule has 0 aliphatic rings. The van der Waals surface area contributed by atoms with Crippen LogP contribution in [0, 0.1) is 6.92 Å². The van der Waals surface area contributed by atoms with E-state index in [0.29, 0.717) is 33.8 Å². The number of hydrogen-bond acceptors (Lipinski definition) is 4. The number of amides is 1. The van der Waals surface area contributed by atoms with Crippen molar-refractivity contribution in [3.8, 4) is 5.75 Å². The Morgan fingerprint density at radius 1 is 1.13 bits per heavy atom. The zero-order chi connectivity index (χ0) is 21.8. The van der Waals surface area contributed by atoms with Crippen molar-refractivity contribution in [3.63, 3.8) is 0 Å². The van der Waals surface area contributed by atoms with Crippen molar-refractivity contribution in [2.24, 2.45) is 0 Å². The average molecular weight is 456 g/mol. The maximum Gasteiger partial charge on any atom is 0.291 e. The van der Waals surface area contributed by atoms with Crippen molar-refractivity contribution in [2.75, 3.05) is 5.32 Å². The first-order valence-electron chi connectivity index (χ1n) is 9.53. The molecule has 0 saturated carbocycles. The molecule has 0 aliphatic heterocycles. The van der Waals surface area contributed by atoms with E-state index in [1.165, 1.54) is 0 Å². The highest BCUT2D eigenvalue weighted by atomic mass is 35.5. The number of nitrogens with one attached hydrogen (secondary N) is 1. The van der Waals surface area contributed by atoms with Crippen LogP contribution >= 0.6 is 23.2 Å². The molecule has 2 aromatic carbocycles. The van der Waals surface area contributed by atoms with E-state index in [1.807, 2.05) is 43.3 Å². The number of aryl methyl sites for hydroxylation is 1. The maximum atomic E-state index is 12.5. The molecule has 1 amide bonds. The zero-order valence-corrected chi connectivity index (χ0v) is 18.2. The number of furan rings is 1. The second-order valence-corrected chi connectivity index (χ2v) is 7.79. The van der Waals surface area contributed by atoms with E-state index >= 15 is 0 Å². The molecule has 6 nitrogen and oxygen atoms in total. The lowest BCUT2D eigenvalue weighted by atomic mass is 10.2. The lowest BCUT2D eigenvalue weighted by Gasteiger charge is -2.09. The molecule has 0 atom stereocenters. The van der Waals surface area contributed by atoms with Gasteiger partial charge in [0.25, 0.3) is 5.91 Å². The van der Waals surface area contributed by atoms with Crippen molar-refractivity contribution in [1.29, 1.82) is 0 Å². The molecule has 0 spiro atoms. The molecule has 0 unspecified atom stereocenters. The van der Waals surface area contributed by atoms with Crippen LogP contribution < -0.4 is 10.1 Å². The maximum absolute atomic E-state index is 12.5. The van der Waals surface area contributed by atoms with Crippen molar-refractivity contribution in [3.05, 3.63) is 99.7 Å². The zero-order valence-electron chi connectivity index (χ0n) is 16.6. The van der Waals surface area contributed by atoms with Gasteiger partial charge in [0, 0.05) is 11.2 Å². The Labute approximate surface area is 189 Å². The number of carbonyl (C=O) groups excluding carboxylic acids is 1. The van der Waals surface area contributed by atoms with Gasteiger partial charge in [0.1, 0.15) is 18.1 Å². The summed E-state index contributed by atoms with van der Waals surface area (Å²) in [6.07, 6.45) is 3.33. The number of hydrogen-bond donors (Lipinski definition) is 1. The predicted octanol–water partition coefficient (Wildman–Crippen LogP) is 5.97. The van der Waals surface area contributed by atoms with Crippen LogP contribution in [0.15, 0.2) is 71.4 Å². The second kappa shape index (κ2) is 9.29. The average Bonchev–Trinajstić information content (AvgIpc) is 3.39. The van der Waals surface area contributed by atoms with Crippen molar-refractivity contribution < 1.29 is 13.9 Å². The predicted molar refractivity (Wildman–Crippen MR) is 120 cm³/mol. The minimum absolute atomic E-state index is 0.164.